The van der Waals surface area contributed by atoms with Gasteiger partial charge in [0.15, 0.2) is 0 Å². The molecule has 1 aliphatic rings. The summed E-state index contributed by atoms with van der Waals surface area (Å²) in [4.78, 5) is 13.9. The molecule has 0 radical (unpaired) electrons. The average Bonchev–Trinajstić information content (AvgIpc) is 2.25. The van der Waals surface area contributed by atoms with Gasteiger partial charge in [0.25, 0.3) is 0 Å². The van der Waals surface area contributed by atoms with E-state index in [1.54, 1.807) is 0 Å². The van der Waals surface area contributed by atoms with Gasteiger partial charge in [0, 0.05) is 31.6 Å². The highest BCUT2D eigenvalue weighted by Crippen LogP contribution is 2.13. The smallest absolute Gasteiger partial charge is 0.222 e. The molecule has 0 aromatic heterocycles. The molecule has 0 unspecified atom stereocenters. The van der Waals surface area contributed by atoms with Crippen LogP contribution in [-0.2, 0) is 4.79 Å². The molecule has 0 saturated carbocycles. The molecule has 18 heavy (non-hydrogen) atoms. The van der Waals surface area contributed by atoms with Crippen molar-refractivity contribution in [3.63, 3.8) is 0 Å². The molecule has 104 valence electrons. The van der Waals surface area contributed by atoms with Gasteiger partial charge < -0.3 is 10.2 Å². The minimum atomic E-state index is 0.100. The largest absolute Gasteiger partial charge is 0.339 e. The number of amides is 1. The lowest BCUT2D eigenvalue weighted by Gasteiger charge is -2.27. The van der Waals surface area contributed by atoms with Gasteiger partial charge in [-0.15, -0.1) is 0 Å². The minimum absolute atomic E-state index is 0.100. The Balaban J connectivity index is 2.38. The summed E-state index contributed by atoms with van der Waals surface area (Å²) in [5, 5.41) is 3.42. The fraction of sp³-hybridized carbons (Fsp3) is 0.800. The molecule has 3 heteroatoms. The van der Waals surface area contributed by atoms with Gasteiger partial charge in [0.2, 0.25) is 5.91 Å². The van der Waals surface area contributed by atoms with Gasteiger partial charge >= 0.3 is 0 Å². The van der Waals surface area contributed by atoms with Crippen molar-refractivity contribution in [2.75, 3.05) is 19.6 Å². The highest BCUT2D eigenvalue weighted by molar-refractivity contribution is 5.76. The summed E-state index contributed by atoms with van der Waals surface area (Å²) in [6, 6.07) is 0. The summed E-state index contributed by atoms with van der Waals surface area (Å²) in [5.74, 6) is 0.298. The maximum Gasteiger partial charge on any atom is 0.222 e. The van der Waals surface area contributed by atoms with Crippen molar-refractivity contribution < 1.29 is 4.79 Å². The van der Waals surface area contributed by atoms with Gasteiger partial charge in [-0.05, 0) is 39.2 Å². The van der Waals surface area contributed by atoms with Crippen molar-refractivity contribution in [2.24, 2.45) is 0 Å². The molecular formula is C15H28N2O. The summed E-state index contributed by atoms with van der Waals surface area (Å²) >= 11 is 0. The van der Waals surface area contributed by atoms with E-state index in [4.69, 9.17) is 0 Å². The zero-order valence-electron chi connectivity index (χ0n) is 12.2. The Hall–Kier alpha value is -0.830. The van der Waals surface area contributed by atoms with E-state index < -0.39 is 0 Å². The van der Waals surface area contributed by atoms with Crippen LogP contribution in [0.15, 0.2) is 12.2 Å². The van der Waals surface area contributed by atoms with Crippen LogP contribution < -0.4 is 5.32 Å². The second-order valence-electron chi connectivity index (χ2n) is 6.33. The van der Waals surface area contributed by atoms with Crippen molar-refractivity contribution >= 4 is 5.91 Å². The van der Waals surface area contributed by atoms with Crippen molar-refractivity contribution in [3.05, 3.63) is 12.2 Å². The fourth-order valence-electron chi connectivity index (χ4n) is 2.10. The first kappa shape index (κ1) is 15.2. The first-order valence-corrected chi connectivity index (χ1v) is 7.08. The molecular weight excluding hydrogens is 224 g/mol. The fourth-order valence-corrected chi connectivity index (χ4v) is 2.10. The Morgan fingerprint density at radius 1 is 1.28 bits per heavy atom. The molecule has 1 rings (SSSR count). The lowest BCUT2D eigenvalue weighted by Crippen LogP contribution is -2.40. The van der Waals surface area contributed by atoms with Crippen LogP contribution in [0.1, 0.15) is 52.9 Å². The predicted molar refractivity (Wildman–Crippen MR) is 76.6 cm³/mol. The molecule has 0 bridgehead atoms. The van der Waals surface area contributed by atoms with Gasteiger partial charge in [-0.1, -0.05) is 19.4 Å². The van der Waals surface area contributed by atoms with Gasteiger partial charge in [-0.2, -0.15) is 0 Å². The Kier molecular flexibility index (Phi) is 5.86. The predicted octanol–water partition coefficient (Wildman–Crippen LogP) is 2.72. The van der Waals surface area contributed by atoms with Crippen molar-refractivity contribution in [1.82, 2.24) is 10.2 Å². The Bertz CT molecular complexity index is 291. The zero-order chi connectivity index (χ0) is 13.6. The number of nitrogens with zero attached hydrogens (tertiary/aromatic N) is 1. The first-order chi connectivity index (χ1) is 8.38. The summed E-state index contributed by atoms with van der Waals surface area (Å²) in [7, 11) is 0. The molecule has 0 aromatic rings. The van der Waals surface area contributed by atoms with Crippen LogP contribution in [0.2, 0.25) is 0 Å². The van der Waals surface area contributed by atoms with E-state index in [0.29, 0.717) is 18.9 Å². The topological polar surface area (TPSA) is 32.3 Å². The molecule has 0 aliphatic carbocycles. The highest BCUT2D eigenvalue weighted by Gasteiger charge is 2.17. The molecule has 1 saturated heterocycles. The van der Waals surface area contributed by atoms with Gasteiger partial charge in [0.05, 0.1) is 0 Å². The van der Waals surface area contributed by atoms with E-state index in [1.807, 2.05) is 4.90 Å². The Morgan fingerprint density at radius 3 is 2.61 bits per heavy atom. The van der Waals surface area contributed by atoms with Crippen LogP contribution >= 0.6 is 0 Å². The third-order valence-electron chi connectivity index (χ3n) is 3.20. The second kappa shape index (κ2) is 6.93. The normalized spacial score (nSPS) is 18.4. The molecule has 0 aromatic carbocycles. The van der Waals surface area contributed by atoms with E-state index in [0.717, 1.165) is 31.5 Å². The number of likely N-dealkylation sites (tertiary alicyclic amines) is 1. The summed E-state index contributed by atoms with van der Waals surface area (Å²) < 4.78 is 0. The average molecular weight is 252 g/mol. The van der Waals surface area contributed by atoms with Crippen LogP contribution in [0, 0.1) is 0 Å². The summed E-state index contributed by atoms with van der Waals surface area (Å²) in [6.45, 7) is 12.9. The maximum absolute atomic E-state index is 12.0. The highest BCUT2D eigenvalue weighted by atomic mass is 16.2. The van der Waals surface area contributed by atoms with Crippen LogP contribution in [0.3, 0.4) is 0 Å². The zero-order valence-corrected chi connectivity index (χ0v) is 12.2. The molecule has 1 fully saturated rings. The van der Waals surface area contributed by atoms with E-state index in [9.17, 15) is 4.79 Å². The quantitative estimate of drug-likeness (QED) is 0.780. The molecule has 0 spiro atoms. The van der Waals surface area contributed by atoms with Gasteiger partial charge in [-0.3, -0.25) is 4.79 Å². The van der Waals surface area contributed by atoms with E-state index in [-0.39, 0.29) is 5.54 Å². The van der Waals surface area contributed by atoms with Crippen LogP contribution in [-0.4, -0.2) is 36.0 Å². The lowest BCUT2D eigenvalue weighted by atomic mass is 10.1. The number of rotatable bonds is 4. The summed E-state index contributed by atoms with van der Waals surface area (Å²) in [6.07, 6.45) is 5.33. The van der Waals surface area contributed by atoms with E-state index in [2.05, 4.69) is 32.7 Å². The van der Waals surface area contributed by atoms with Crippen LogP contribution in [0.4, 0.5) is 0 Å². The number of carbonyl (C=O) groups is 1. The molecule has 1 heterocycles. The van der Waals surface area contributed by atoms with E-state index >= 15 is 0 Å². The monoisotopic (exact) mass is 252 g/mol. The molecule has 1 N–H and O–H groups in total. The van der Waals surface area contributed by atoms with Crippen LogP contribution in [0.25, 0.3) is 0 Å². The Morgan fingerprint density at radius 2 is 1.94 bits per heavy atom. The SMILES string of the molecule is C=C(CNC(C)(C)C)CN1CCCCCCC1=O. The summed E-state index contributed by atoms with van der Waals surface area (Å²) in [5.41, 5.74) is 1.20. The standard InChI is InChI=1S/C15H28N2O/c1-13(11-16-15(2,3)4)12-17-10-8-6-5-7-9-14(17)18/h16H,1,5-12H2,2-4H3. The van der Waals surface area contributed by atoms with E-state index in [1.165, 1.54) is 12.8 Å². The number of carbonyl (C=O) groups excluding carboxylic acids is 1. The van der Waals surface area contributed by atoms with Crippen molar-refractivity contribution in [3.8, 4) is 0 Å². The molecule has 1 amide bonds. The van der Waals surface area contributed by atoms with Crippen molar-refractivity contribution in [2.45, 2.75) is 58.4 Å². The minimum Gasteiger partial charge on any atom is -0.339 e. The molecule has 0 atom stereocenters. The third kappa shape index (κ3) is 6.20. The second-order valence-corrected chi connectivity index (χ2v) is 6.33. The lowest BCUT2D eigenvalue weighted by molar-refractivity contribution is -0.131. The molecule has 1 aliphatic heterocycles. The first-order valence-electron chi connectivity index (χ1n) is 7.08. The number of hydrogen-bond acceptors (Lipinski definition) is 2. The van der Waals surface area contributed by atoms with Crippen molar-refractivity contribution in [1.29, 1.82) is 0 Å². The van der Waals surface area contributed by atoms with Crippen LogP contribution in [0.5, 0.6) is 0 Å². The van der Waals surface area contributed by atoms with Gasteiger partial charge in [-0.25, -0.2) is 0 Å². The number of hydrogen-bond donors (Lipinski definition) is 1. The third-order valence-corrected chi connectivity index (χ3v) is 3.20. The Labute approximate surface area is 112 Å². The van der Waals surface area contributed by atoms with Gasteiger partial charge in [0.1, 0.15) is 0 Å². The maximum atomic E-state index is 12.0. The number of nitrogens with one attached hydrogen (secondary N) is 1. The molecule has 3 nitrogen and oxygen atoms in total.